The minimum absolute atomic E-state index is 0.735. The molecule has 0 unspecified atom stereocenters. The van der Waals surface area contributed by atoms with Gasteiger partial charge in [-0.2, -0.15) is 5.10 Å². The van der Waals surface area contributed by atoms with E-state index in [1.165, 1.54) is 0 Å². The number of para-hydroxylation sites is 1. The van der Waals surface area contributed by atoms with Gasteiger partial charge in [-0.3, -0.25) is 0 Å². The van der Waals surface area contributed by atoms with Crippen molar-refractivity contribution in [1.82, 2.24) is 25.1 Å². The predicted octanol–water partition coefficient (Wildman–Crippen LogP) is 1.89. The van der Waals surface area contributed by atoms with Crippen molar-refractivity contribution in [3.63, 3.8) is 0 Å². The first-order valence-electron chi connectivity index (χ1n) is 6.20. The second-order valence-electron chi connectivity index (χ2n) is 4.27. The van der Waals surface area contributed by atoms with Gasteiger partial charge < -0.3 is 10.3 Å². The molecule has 0 amide bonds. The smallest absolute Gasteiger partial charge is 0.0922 e. The quantitative estimate of drug-likeness (QED) is 0.730. The van der Waals surface area contributed by atoms with E-state index >= 15 is 0 Å². The van der Waals surface area contributed by atoms with Gasteiger partial charge in [0.1, 0.15) is 0 Å². The van der Waals surface area contributed by atoms with E-state index in [4.69, 9.17) is 0 Å². The molecule has 0 fully saturated rings. The Morgan fingerprint density at radius 3 is 2.79 bits per heavy atom. The highest BCUT2D eigenvalue weighted by Crippen LogP contribution is 2.06. The van der Waals surface area contributed by atoms with E-state index in [1.54, 1.807) is 6.33 Å². The molecule has 0 bridgehead atoms. The molecule has 2 aromatic heterocycles. The zero-order chi connectivity index (χ0) is 12.9. The summed E-state index contributed by atoms with van der Waals surface area (Å²) in [4.78, 5) is 7.03. The molecule has 2 heterocycles. The Kier molecular flexibility index (Phi) is 3.38. The van der Waals surface area contributed by atoms with Gasteiger partial charge in [-0.1, -0.05) is 18.2 Å². The van der Waals surface area contributed by atoms with Crippen LogP contribution in [-0.2, 0) is 13.1 Å². The van der Waals surface area contributed by atoms with Gasteiger partial charge in [0, 0.05) is 31.2 Å². The standard InChI is InChI=1S/C14H15N5/c1-2-4-14(5-3-1)19-7-6-12(18-19)8-15-9-13-10-16-11-17-13/h1-7,10-11,15H,8-9H2,(H,16,17). The maximum Gasteiger partial charge on any atom is 0.0922 e. The topological polar surface area (TPSA) is 58.5 Å². The van der Waals surface area contributed by atoms with Crippen molar-refractivity contribution in [2.24, 2.45) is 0 Å². The summed E-state index contributed by atoms with van der Waals surface area (Å²) in [5.41, 5.74) is 3.16. The summed E-state index contributed by atoms with van der Waals surface area (Å²) in [7, 11) is 0. The molecule has 0 saturated carbocycles. The molecule has 1 aromatic carbocycles. The van der Waals surface area contributed by atoms with Gasteiger partial charge >= 0.3 is 0 Å². The van der Waals surface area contributed by atoms with Crippen molar-refractivity contribution in [1.29, 1.82) is 0 Å². The summed E-state index contributed by atoms with van der Waals surface area (Å²) in [6.07, 6.45) is 5.47. The Bertz CT molecular complexity index is 612. The third-order valence-electron chi connectivity index (χ3n) is 2.84. The molecule has 5 nitrogen and oxygen atoms in total. The molecule has 0 saturated heterocycles. The highest BCUT2D eigenvalue weighted by molar-refractivity contribution is 5.30. The van der Waals surface area contributed by atoms with Crippen LogP contribution in [0.5, 0.6) is 0 Å². The normalized spacial score (nSPS) is 10.7. The van der Waals surface area contributed by atoms with Crippen molar-refractivity contribution in [2.45, 2.75) is 13.1 Å². The minimum atomic E-state index is 0.735. The molecule has 0 aliphatic heterocycles. The number of nitrogens with zero attached hydrogens (tertiary/aromatic N) is 3. The molecular weight excluding hydrogens is 238 g/mol. The van der Waals surface area contributed by atoms with Crippen LogP contribution in [0.15, 0.2) is 55.1 Å². The van der Waals surface area contributed by atoms with Crippen molar-refractivity contribution in [3.05, 3.63) is 66.5 Å². The van der Waals surface area contributed by atoms with E-state index in [-0.39, 0.29) is 0 Å². The van der Waals surface area contributed by atoms with Crippen LogP contribution in [0.25, 0.3) is 5.69 Å². The van der Waals surface area contributed by atoms with E-state index in [1.807, 2.05) is 53.5 Å². The number of benzene rings is 1. The number of nitrogens with one attached hydrogen (secondary N) is 2. The zero-order valence-corrected chi connectivity index (χ0v) is 10.5. The number of hydrogen-bond donors (Lipinski definition) is 2. The van der Waals surface area contributed by atoms with Crippen molar-refractivity contribution >= 4 is 0 Å². The lowest BCUT2D eigenvalue weighted by Gasteiger charge is -2.01. The first-order valence-corrected chi connectivity index (χ1v) is 6.20. The van der Waals surface area contributed by atoms with Crippen LogP contribution in [0.4, 0.5) is 0 Å². The van der Waals surface area contributed by atoms with Crippen molar-refractivity contribution in [3.8, 4) is 5.69 Å². The average Bonchev–Trinajstić information content (AvgIpc) is 3.11. The van der Waals surface area contributed by atoms with Crippen LogP contribution in [0.2, 0.25) is 0 Å². The molecule has 3 rings (SSSR count). The van der Waals surface area contributed by atoms with Crippen LogP contribution in [0, 0.1) is 0 Å². The van der Waals surface area contributed by atoms with E-state index in [0.29, 0.717) is 0 Å². The second kappa shape index (κ2) is 5.49. The van der Waals surface area contributed by atoms with E-state index in [0.717, 1.165) is 30.2 Å². The molecule has 0 atom stereocenters. The molecule has 2 N–H and O–H groups in total. The lowest BCUT2D eigenvalue weighted by Crippen LogP contribution is -2.13. The largest absolute Gasteiger partial charge is 0.347 e. The van der Waals surface area contributed by atoms with Crippen LogP contribution < -0.4 is 5.32 Å². The van der Waals surface area contributed by atoms with Crippen molar-refractivity contribution in [2.75, 3.05) is 0 Å². The molecular formula is C14H15N5. The molecule has 0 radical (unpaired) electrons. The summed E-state index contributed by atoms with van der Waals surface area (Å²) in [6.45, 7) is 1.50. The number of aromatic nitrogens is 4. The predicted molar refractivity (Wildman–Crippen MR) is 72.7 cm³/mol. The summed E-state index contributed by atoms with van der Waals surface area (Å²) in [5, 5.41) is 7.85. The molecule has 0 aliphatic rings. The Hall–Kier alpha value is -2.40. The SMILES string of the molecule is c1ccc(-n2ccc(CNCc3cnc[nH]3)n2)cc1. The molecule has 19 heavy (non-hydrogen) atoms. The fourth-order valence-electron chi connectivity index (χ4n) is 1.89. The Morgan fingerprint density at radius 2 is 2.00 bits per heavy atom. The van der Waals surface area contributed by atoms with Gasteiger partial charge in [-0.15, -0.1) is 0 Å². The molecule has 0 spiro atoms. The summed E-state index contributed by atoms with van der Waals surface area (Å²) >= 11 is 0. The zero-order valence-electron chi connectivity index (χ0n) is 10.5. The number of hydrogen-bond acceptors (Lipinski definition) is 3. The number of rotatable bonds is 5. The van der Waals surface area contributed by atoms with Crippen LogP contribution in [0.1, 0.15) is 11.4 Å². The van der Waals surface area contributed by atoms with Gasteiger partial charge in [0.15, 0.2) is 0 Å². The maximum absolute atomic E-state index is 4.53. The highest BCUT2D eigenvalue weighted by atomic mass is 15.3. The van der Waals surface area contributed by atoms with Gasteiger partial charge in [-0.25, -0.2) is 9.67 Å². The molecule has 96 valence electrons. The Labute approximate surface area is 111 Å². The Balaban J connectivity index is 1.59. The fourth-order valence-corrected chi connectivity index (χ4v) is 1.89. The van der Waals surface area contributed by atoms with Gasteiger partial charge in [0.05, 0.1) is 17.7 Å². The van der Waals surface area contributed by atoms with Gasteiger partial charge in [0.25, 0.3) is 0 Å². The Morgan fingerprint density at radius 1 is 1.11 bits per heavy atom. The maximum atomic E-state index is 4.53. The first kappa shape index (κ1) is 11.7. The minimum Gasteiger partial charge on any atom is -0.347 e. The van der Waals surface area contributed by atoms with Gasteiger partial charge in [0.2, 0.25) is 0 Å². The summed E-state index contributed by atoms with van der Waals surface area (Å²) in [6, 6.07) is 12.1. The van der Waals surface area contributed by atoms with E-state index in [9.17, 15) is 0 Å². The molecule has 3 aromatic rings. The van der Waals surface area contributed by atoms with Gasteiger partial charge in [-0.05, 0) is 18.2 Å². The van der Waals surface area contributed by atoms with Crippen molar-refractivity contribution < 1.29 is 0 Å². The number of aromatic amines is 1. The number of H-pyrrole nitrogens is 1. The number of imidazole rings is 1. The summed E-state index contributed by atoms with van der Waals surface area (Å²) < 4.78 is 1.88. The lowest BCUT2D eigenvalue weighted by atomic mass is 10.3. The molecule has 5 heteroatoms. The first-order chi connectivity index (χ1) is 9.42. The highest BCUT2D eigenvalue weighted by Gasteiger charge is 2.01. The van der Waals surface area contributed by atoms with E-state index < -0.39 is 0 Å². The van der Waals surface area contributed by atoms with Crippen LogP contribution in [0.3, 0.4) is 0 Å². The monoisotopic (exact) mass is 253 g/mol. The van der Waals surface area contributed by atoms with E-state index in [2.05, 4.69) is 20.4 Å². The average molecular weight is 253 g/mol. The summed E-state index contributed by atoms with van der Waals surface area (Å²) in [5.74, 6) is 0. The fraction of sp³-hybridized carbons (Fsp3) is 0.143. The third kappa shape index (κ3) is 2.89. The lowest BCUT2D eigenvalue weighted by molar-refractivity contribution is 0.661. The van der Waals surface area contributed by atoms with Crippen LogP contribution in [-0.4, -0.2) is 19.7 Å². The molecule has 0 aliphatic carbocycles. The second-order valence-corrected chi connectivity index (χ2v) is 4.27. The third-order valence-corrected chi connectivity index (χ3v) is 2.84. The van der Waals surface area contributed by atoms with Crippen LogP contribution >= 0.6 is 0 Å².